The summed E-state index contributed by atoms with van der Waals surface area (Å²) < 4.78 is 0. The van der Waals surface area contributed by atoms with Crippen LogP contribution >= 0.6 is 11.8 Å². The van der Waals surface area contributed by atoms with Crippen molar-refractivity contribution < 1.29 is 20.1 Å². The lowest BCUT2D eigenvalue weighted by Gasteiger charge is -2.20. The van der Waals surface area contributed by atoms with Gasteiger partial charge in [0.05, 0.1) is 12.7 Å². The molecule has 0 amide bonds. The van der Waals surface area contributed by atoms with E-state index in [1.807, 2.05) is 0 Å². The molecule has 2 atom stereocenters. The van der Waals surface area contributed by atoms with Crippen LogP contribution in [0.15, 0.2) is 18.2 Å². The minimum Gasteiger partial charge on any atom is -0.392 e. The highest BCUT2D eigenvalue weighted by atomic mass is 32.2. The molecule has 0 bridgehead atoms. The smallest absolute Gasteiger partial charge is 0.185 e. The lowest BCUT2D eigenvalue weighted by atomic mass is 9.96. The van der Waals surface area contributed by atoms with E-state index in [1.54, 1.807) is 25.1 Å². The van der Waals surface area contributed by atoms with Crippen molar-refractivity contribution in [2.45, 2.75) is 32.7 Å². The van der Waals surface area contributed by atoms with Crippen LogP contribution in [0.1, 0.15) is 29.7 Å². The van der Waals surface area contributed by atoms with Crippen LogP contribution in [0.2, 0.25) is 0 Å². The van der Waals surface area contributed by atoms with Crippen LogP contribution in [0.5, 0.6) is 0 Å². The van der Waals surface area contributed by atoms with Gasteiger partial charge in [0.25, 0.3) is 0 Å². The Bertz CT molecular complexity index is 419. The van der Waals surface area contributed by atoms with Gasteiger partial charge in [-0.1, -0.05) is 30.0 Å². The number of aliphatic hydroxyl groups excluding tert-OH is 3. The fourth-order valence-corrected chi connectivity index (χ4v) is 2.28. The standard InChI is InChI=1S/C13H18O4S/c1-8-10(6-14)4-3-5-11(8)13(17)12(16)7-18-9(2)15/h3-5,12-14,16-17H,6-7H2,1-2H3. The van der Waals surface area contributed by atoms with Gasteiger partial charge in [-0.15, -0.1) is 0 Å². The van der Waals surface area contributed by atoms with E-state index in [4.69, 9.17) is 5.11 Å². The molecule has 0 heterocycles. The minimum atomic E-state index is -1.05. The van der Waals surface area contributed by atoms with Crippen molar-refractivity contribution in [1.82, 2.24) is 0 Å². The van der Waals surface area contributed by atoms with E-state index in [0.29, 0.717) is 5.56 Å². The second-order valence-electron chi connectivity index (χ2n) is 4.10. The summed E-state index contributed by atoms with van der Waals surface area (Å²) in [4.78, 5) is 10.8. The Hall–Kier alpha value is -0.880. The fourth-order valence-electron chi connectivity index (χ4n) is 1.70. The maximum atomic E-state index is 10.8. The van der Waals surface area contributed by atoms with E-state index in [9.17, 15) is 15.0 Å². The average molecular weight is 270 g/mol. The summed E-state index contributed by atoms with van der Waals surface area (Å²) >= 11 is 0.980. The molecule has 1 aromatic carbocycles. The van der Waals surface area contributed by atoms with Crippen molar-refractivity contribution >= 4 is 16.9 Å². The number of aliphatic hydroxyl groups is 3. The summed E-state index contributed by atoms with van der Waals surface area (Å²) in [5.74, 6) is 0.152. The van der Waals surface area contributed by atoms with E-state index in [1.165, 1.54) is 6.92 Å². The van der Waals surface area contributed by atoms with Gasteiger partial charge < -0.3 is 15.3 Å². The fraction of sp³-hybridized carbons (Fsp3) is 0.462. The van der Waals surface area contributed by atoms with Crippen LogP contribution in [0, 0.1) is 6.92 Å². The number of hydrogen-bond donors (Lipinski definition) is 3. The van der Waals surface area contributed by atoms with Gasteiger partial charge in [-0.25, -0.2) is 0 Å². The number of thioether (sulfide) groups is 1. The summed E-state index contributed by atoms with van der Waals surface area (Å²) in [6.45, 7) is 3.10. The average Bonchev–Trinajstić information content (AvgIpc) is 2.35. The molecule has 0 aliphatic heterocycles. The highest BCUT2D eigenvalue weighted by molar-refractivity contribution is 8.13. The number of benzene rings is 1. The third kappa shape index (κ3) is 3.81. The topological polar surface area (TPSA) is 77.8 Å². The molecule has 1 rings (SSSR count). The quantitative estimate of drug-likeness (QED) is 0.748. The lowest BCUT2D eigenvalue weighted by molar-refractivity contribution is -0.109. The molecule has 4 nitrogen and oxygen atoms in total. The summed E-state index contributed by atoms with van der Waals surface area (Å²) in [5.41, 5.74) is 2.07. The summed E-state index contributed by atoms with van der Waals surface area (Å²) in [6, 6.07) is 5.20. The molecule has 1 aromatic rings. The van der Waals surface area contributed by atoms with Gasteiger partial charge in [-0.3, -0.25) is 4.79 Å². The van der Waals surface area contributed by atoms with Crippen molar-refractivity contribution in [2.24, 2.45) is 0 Å². The first-order valence-electron chi connectivity index (χ1n) is 5.66. The summed E-state index contributed by atoms with van der Waals surface area (Å²) in [6.07, 6.45) is -2.06. The van der Waals surface area contributed by atoms with Crippen molar-refractivity contribution in [3.8, 4) is 0 Å². The Morgan fingerprint density at radius 2 is 2.06 bits per heavy atom. The molecule has 5 heteroatoms. The highest BCUT2D eigenvalue weighted by Crippen LogP contribution is 2.25. The Morgan fingerprint density at radius 1 is 1.39 bits per heavy atom. The normalized spacial score (nSPS) is 14.3. The van der Waals surface area contributed by atoms with Gasteiger partial charge in [0.15, 0.2) is 5.12 Å². The minimum absolute atomic E-state index is 0.0953. The van der Waals surface area contributed by atoms with E-state index < -0.39 is 12.2 Å². The van der Waals surface area contributed by atoms with E-state index in [0.717, 1.165) is 22.9 Å². The molecule has 0 spiro atoms. The molecule has 18 heavy (non-hydrogen) atoms. The van der Waals surface area contributed by atoms with Crippen LogP contribution in [0.25, 0.3) is 0 Å². The molecule has 0 saturated heterocycles. The third-order valence-corrected chi connectivity index (χ3v) is 3.71. The van der Waals surface area contributed by atoms with Crippen LogP contribution in [0.4, 0.5) is 0 Å². The lowest BCUT2D eigenvalue weighted by Crippen LogP contribution is -2.22. The Kier molecular flexibility index (Phi) is 5.81. The van der Waals surface area contributed by atoms with Gasteiger partial charge in [0.1, 0.15) is 6.10 Å². The number of rotatable bonds is 5. The largest absolute Gasteiger partial charge is 0.392 e. The summed E-state index contributed by atoms with van der Waals surface area (Å²) in [7, 11) is 0. The highest BCUT2D eigenvalue weighted by Gasteiger charge is 2.21. The molecule has 0 fully saturated rings. The van der Waals surface area contributed by atoms with E-state index >= 15 is 0 Å². The summed E-state index contributed by atoms with van der Waals surface area (Å²) in [5, 5.41) is 28.9. The van der Waals surface area contributed by atoms with Crippen LogP contribution < -0.4 is 0 Å². The molecule has 2 unspecified atom stereocenters. The first kappa shape index (κ1) is 15.2. The van der Waals surface area contributed by atoms with Gasteiger partial charge in [-0.05, 0) is 23.6 Å². The molecule has 0 saturated carbocycles. The van der Waals surface area contributed by atoms with Crippen LogP contribution in [-0.2, 0) is 11.4 Å². The van der Waals surface area contributed by atoms with E-state index in [2.05, 4.69) is 0 Å². The van der Waals surface area contributed by atoms with Crippen LogP contribution in [0.3, 0.4) is 0 Å². The zero-order chi connectivity index (χ0) is 13.7. The third-order valence-electron chi connectivity index (χ3n) is 2.80. The van der Waals surface area contributed by atoms with Crippen molar-refractivity contribution in [1.29, 1.82) is 0 Å². The Labute approximate surface area is 111 Å². The monoisotopic (exact) mass is 270 g/mol. The second-order valence-corrected chi connectivity index (χ2v) is 5.30. The molecule has 100 valence electrons. The predicted molar refractivity (Wildman–Crippen MR) is 71.2 cm³/mol. The first-order chi connectivity index (χ1) is 8.47. The molecular weight excluding hydrogens is 252 g/mol. The van der Waals surface area contributed by atoms with E-state index in [-0.39, 0.29) is 17.5 Å². The van der Waals surface area contributed by atoms with Gasteiger partial charge in [0, 0.05) is 12.7 Å². The van der Waals surface area contributed by atoms with Gasteiger partial charge >= 0.3 is 0 Å². The molecule has 0 radical (unpaired) electrons. The molecule has 0 aliphatic rings. The maximum Gasteiger partial charge on any atom is 0.185 e. The van der Waals surface area contributed by atoms with Crippen molar-refractivity contribution in [3.63, 3.8) is 0 Å². The first-order valence-corrected chi connectivity index (χ1v) is 6.64. The molecule has 0 aromatic heterocycles. The zero-order valence-corrected chi connectivity index (χ0v) is 11.3. The van der Waals surface area contributed by atoms with Gasteiger partial charge in [0.2, 0.25) is 0 Å². The van der Waals surface area contributed by atoms with Crippen molar-refractivity contribution in [3.05, 3.63) is 34.9 Å². The Morgan fingerprint density at radius 3 is 2.61 bits per heavy atom. The van der Waals surface area contributed by atoms with Crippen molar-refractivity contribution in [2.75, 3.05) is 5.75 Å². The maximum absolute atomic E-state index is 10.8. The Balaban J connectivity index is 2.83. The second kappa shape index (κ2) is 6.89. The van der Waals surface area contributed by atoms with Gasteiger partial charge in [-0.2, -0.15) is 0 Å². The molecular formula is C13H18O4S. The predicted octanol–water partition coefficient (Wildman–Crippen LogP) is 1.16. The number of carbonyl (C=O) groups excluding carboxylic acids is 1. The molecule has 0 aliphatic carbocycles. The SMILES string of the molecule is CC(=O)SCC(O)C(O)c1cccc(CO)c1C. The number of carbonyl (C=O) groups is 1. The molecule has 3 N–H and O–H groups in total. The number of hydrogen-bond acceptors (Lipinski definition) is 5. The zero-order valence-electron chi connectivity index (χ0n) is 10.5. The van der Waals surface area contributed by atoms with Crippen LogP contribution in [-0.4, -0.2) is 32.3 Å².